The van der Waals surface area contributed by atoms with Crippen LogP contribution in [-0.2, 0) is 6.42 Å². The smallest absolute Gasteiger partial charge is 0.255 e. The number of carbonyl (C=O) groups excluding carboxylic acids is 1. The van der Waals surface area contributed by atoms with Crippen molar-refractivity contribution >= 4 is 5.91 Å². The van der Waals surface area contributed by atoms with E-state index in [-0.39, 0.29) is 5.91 Å². The van der Waals surface area contributed by atoms with Crippen LogP contribution in [0.25, 0.3) is 0 Å². The summed E-state index contributed by atoms with van der Waals surface area (Å²) in [5.74, 6) is 1.48. The van der Waals surface area contributed by atoms with E-state index in [1.807, 2.05) is 43.1 Å². The summed E-state index contributed by atoms with van der Waals surface area (Å²) >= 11 is 0. The van der Waals surface area contributed by atoms with E-state index in [2.05, 4.69) is 22.0 Å². The Labute approximate surface area is 168 Å². The molecule has 28 heavy (non-hydrogen) atoms. The molecule has 0 aliphatic carbocycles. The molecule has 1 aromatic carbocycles. The summed E-state index contributed by atoms with van der Waals surface area (Å²) < 4.78 is 5.23. The number of benzene rings is 1. The minimum absolute atomic E-state index is 0.0582. The number of hydrogen-bond acceptors (Lipinski definition) is 4. The Kier molecular flexibility index (Phi) is 7.04. The number of carbonyl (C=O) groups is 1. The van der Waals surface area contributed by atoms with E-state index in [9.17, 15) is 4.79 Å². The Hall–Kier alpha value is -2.40. The maximum Gasteiger partial charge on any atom is 0.255 e. The molecule has 5 nitrogen and oxygen atoms in total. The summed E-state index contributed by atoms with van der Waals surface area (Å²) in [5.41, 5.74) is 2.93. The Bertz CT molecular complexity index is 758. The van der Waals surface area contributed by atoms with Crippen molar-refractivity contribution < 1.29 is 9.53 Å². The number of ether oxygens (including phenoxy) is 1. The zero-order chi connectivity index (χ0) is 19.9. The number of aryl methyl sites for hydroxylation is 1. The second-order valence-electron chi connectivity index (χ2n) is 7.78. The molecule has 1 aromatic heterocycles. The summed E-state index contributed by atoms with van der Waals surface area (Å²) in [6.45, 7) is 5.99. The van der Waals surface area contributed by atoms with Gasteiger partial charge in [-0.1, -0.05) is 12.1 Å². The number of hydrogen-bond donors (Lipinski definition) is 0. The predicted octanol–water partition coefficient (Wildman–Crippen LogP) is 3.43. The van der Waals surface area contributed by atoms with E-state index >= 15 is 0 Å². The van der Waals surface area contributed by atoms with Gasteiger partial charge >= 0.3 is 0 Å². The first-order chi connectivity index (χ1) is 13.5. The van der Waals surface area contributed by atoms with Crippen LogP contribution in [0.2, 0.25) is 0 Å². The average molecular weight is 382 g/mol. The predicted molar refractivity (Wildman–Crippen MR) is 112 cm³/mol. The summed E-state index contributed by atoms with van der Waals surface area (Å²) in [6.07, 6.45) is 5.10. The molecule has 2 aromatic rings. The standard InChI is InChI=1S/C23H31N3O2/c1-18-6-9-21(15-24-18)23(27)25(2)16-20-5-4-13-26(17-20)14-12-19-7-10-22(28-3)11-8-19/h6-11,15,20H,4-5,12-14,16-17H2,1-3H3/t20-/m0/s1. The molecule has 3 rings (SSSR count). The van der Waals surface area contributed by atoms with Gasteiger partial charge in [0, 0.05) is 38.6 Å². The SMILES string of the molecule is COc1ccc(CCN2CCC[C@@H](CN(C)C(=O)c3ccc(C)nc3)C2)cc1. The molecule has 5 heteroatoms. The van der Waals surface area contributed by atoms with Crippen LogP contribution in [0.1, 0.15) is 34.5 Å². The first-order valence-corrected chi connectivity index (χ1v) is 10.1. The van der Waals surface area contributed by atoms with Gasteiger partial charge in [0.15, 0.2) is 0 Å². The molecule has 1 atom stereocenters. The highest BCUT2D eigenvalue weighted by Gasteiger charge is 2.23. The summed E-state index contributed by atoms with van der Waals surface area (Å²) in [7, 11) is 3.60. The van der Waals surface area contributed by atoms with E-state index in [1.165, 1.54) is 18.4 Å². The van der Waals surface area contributed by atoms with Crippen molar-refractivity contribution in [2.24, 2.45) is 5.92 Å². The molecule has 0 N–H and O–H groups in total. The number of methoxy groups -OCH3 is 1. The summed E-state index contributed by atoms with van der Waals surface area (Å²) in [5, 5.41) is 0. The molecule has 0 radical (unpaired) electrons. The monoisotopic (exact) mass is 381 g/mol. The van der Waals surface area contributed by atoms with Crippen molar-refractivity contribution in [3.63, 3.8) is 0 Å². The lowest BCUT2D eigenvalue weighted by Gasteiger charge is -2.34. The van der Waals surface area contributed by atoms with Crippen molar-refractivity contribution in [3.05, 3.63) is 59.4 Å². The lowest BCUT2D eigenvalue weighted by Crippen LogP contribution is -2.42. The van der Waals surface area contributed by atoms with Crippen LogP contribution in [0.5, 0.6) is 5.75 Å². The third kappa shape index (κ3) is 5.55. The van der Waals surface area contributed by atoms with Crippen molar-refractivity contribution in [1.29, 1.82) is 0 Å². The lowest BCUT2D eigenvalue weighted by atomic mass is 9.97. The number of nitrogens with zero attached hydrogens (tertiary/aromatic N) is 3. The number of pyridine rings is 1. The lowest BCUT2D eigenvalue weighted by molar-refractivity contribution is 0.0730. The van der Waals surface area contributed by atoms with Gasteiger partial charge in [0.05, 0.1) is 12.7 Å². The molecule has 150 valence electrons. The van der Waals surface area contributed by atoms with Crippen molar-refractivity contribution in [2.45, 2.75) is 26.2 Å². The maximum absolute atomic E-state index is 12.6. The molecular formula is C23H31N3O2. The van der Waals surface area contributed by atoms with Gasteiger partial charge < -0.3 is 14.5 Å². The largest absolute Gasteiger partial charge is 0.497 e. The molecule has 0 saturated carbocycles. The van der Waals surface area contributed by atoms with E-state index in [1.54, 1.807) is 13.3 Å². The number of amides is 1. The van der Waals surface area contributed by atoms with Crippen molar-refractivity contribution in [3.8, 4) is 5.75 Å². The zero-order valence-electron chi connectivity index (χ0n) is 17.2. The third-order valence-electron chi connectivity index (χ3n) is 5.52. The molecule has 1 saturated heterocycles. The van der Waals surface area contributed by atoms with Crippen LogP contribution < -0.4 is 4.74 Å². The normalized spacial score (nSPS) is 17.3. The topological polar surface area (TPSA) is 45.7 Å². The van der Waals surface area contributed by atoms with Gasteiger partial charge in [-0.2, -0.15) is 0 Å². The Morgan fingerprint density at radius 3 is 2.71 bits per heavy atom. The first kappa shape index (κ1) is 20.3. The molecule has 2 heterocycles. The molecule has 1 amide bonds. The highest BCUT2D eigenvalue weighted by Crippen LogP contribution is 2.19. The van der Waals surface area contributed by atoms with E-state index in [0.29, 0.717) is 11.5 Å². The van der Waals surface area contributed by atoms with Gasteiger partial charge in [-0.15, -0.1) is 0 Å². The van der Waals surface area contributed by atoms with Crippen molar-refractivity contribution in [1.82, 2.24) is 14.8 Å². The Morgan fingerprint density at radius 2 is 2.04 bits per heavy atom. The zero-order valence-corrected chi connectivity index (χ0v) is 17.2. The van der Waals surface area contributed by atoms with Gasteiger partial charge in [0.25, 0.3) is 5.91 Å². The molecule has 1 aliphatic heterocycles. The molecular weight excluding hydrogens is 350 g/mol. The number of rotatable bonds is 7. The van der Waals surface area contributed by atoms with E-state index in [4.69, 9.17) is 4.74 Å². The Balaban J connectivity index is 1.48. The van der Waals surface area contributed by atoms with Crippen LogP contribution >= 0.6 is 0 Å². The molecule has 0 unspecified atom stereocenters. The van der Waals surface area contributed by atoms with Crippen LogP contribution in [0.15, 0.2) is 42.6 Å². The average Bonchev–Trinajstić information content (AvgIpc) is 2.73. The van der Waals surface area contributed by atoms with Crippen LogP contribution in [0.4, 0.5) is 0 Å². The molecule has 1 fully saturated rings. The fourth-order valence-corrected chi connectivity index (χ4v) is 3.87. The van der Waals surface area contributed by atoms with E-state index in [0.717, 1.165) is 44.0 Å². The minimum atomic E-state index is 0.0582. The van der Waals surface area contributed by atoms with Gasteiger partial charge in [-0.05, 0) is 68.5 Å². The number of likely N-dealkylation sites (tertiary alicyclic amines) is 1. The number of aromatic nitrogens is 1. The number of piperidine rings is 1. The molecule has 0 spiro atoms. The first-order valence-electron chi connectivity index (χ1n) is 10.1. The van der Waals surface area contributed by atoms with Crippen LogP contribution in [-0.4, -0.2) is 61.0 Å². The summed E-state index contributed by atoms with van der Waals surface area (Å²) in [6, 6.07) is 12.1. The fraction of sp³-hybridized carbons (Fsp3) is 0.478. The third-order valence-corrected chi connectivity index (χ3v) is 5.52. The van der Waals surface area contributed by atoms with Gasteiger partial charge in [-0.3, -0.25) is 9.78 Å². The van der Waals surface area contributed by atoms with Gasteiger partial charge in [-0.25, -0.2) is 0 Å². The quantitative estimate of drug-likeness (QED) is 0.737. The molecule has 0 bridgehead atoms. The summed E-state index contributed by atoms with van der Waals surface area (Å²) in [4.78, 5) is 21.3. The highest BCUT2D eigenvalue weighted by molar-refractivity contribution is 5.93. The van der Waals surface area contributed by atoms with E-state index < -0.39 is 0 Å². The Morgan fingerprint density at radius 1 is 1.25 bits per heavy atom. The van der Waals surface area contributed by atoms with Crippen molar-refractivity contribution in [2.75, 3.05) is 40.3 Å². The van der Waals surface area contributed by atoms with Gasteiger partial charge in [0.2, 0.25) is 0 Å². The fourth-order valence-electron chi connectivity index (χ4n) is 3.87. The maximum atomic E-state index is 12.6. The second kappa shape index (κ2) is 9.69. The molecule has 1 aliphatic rings. The van der Waals surface area contributed by atoms with Crippen LogP contribution in [0.3, 0.4) is 0 Å². The highest BCUT2D eigenvalue weighted by atomic mass is 16.5. The minimum Gasteiger partial charge on any atom is -0.497 e. The van der Waals surface area contributed by atoms with Gasteiger partial charge in [0.1, 0.15) is 5.75 Å². The second-order valence-corrected chi connectivity index (χ2v) is 7.78. The van der Waals surface area contributed by atoms with Crippen LogP contribution in [0, 0.1) is 12.8 Å².